The molecule has 3 heterocycles. The summed E-state index contributed by atoms with van der Waals surface area (Å²) >= 11 is 0. The minimum Gasteiger partial charge on any atom is -0.632 e. The van der Waals surface area contributed by atoms with Crippen LogP contribution in [0.25, 0.3) is 0 Å². The number of hydrogen-bond acceptors (Lipinski definition) is 7. The minimum atomic E-state index is -2.33. The molecule has 2 fully saturated rings. The second-order valence-electron chi connectivity index (χ2n) is 7.00. The number of ether oxygens (including phenoxy) is 2. The number of carbonyl (C=O) groups is 2. The molecule has 8 heteroatoms. The van der Waals surface area contributed by atoms with Crippen molar-refractivity contribution in [3.63, 3.8) is 0 Å². The third kappa shape index (κ3) is 2.88. The molecule has 2 N–H and O–H groups in total. The predicted octanol–water partition coefficient (Wildman–Crippen LogP) is 0.0979. The maximum absolute atomic E-state index is 12.9. The highest BCUT2D eigenvalue weighted by Gasteiger charge is 2.51. The molecule has 0 saturated carbocycles. The van der Waals surface area contributed by atoms with E-state index in [-0.39, 0.29) is 30.7 Å². The Morgan fingerprint density at radius 3 is 2.88 bits per heavy atom. The van der Waals surface area contributed by atoms with Crippen molar-refractivity contribution in [2.75, 3.05) is 26.3 Å². The molecule has 1 unspecified atom stereocenters. The summed E-state index contributed by atoms with van der Waals surface area (Å²) in [6, 6.07) is -0.616. The van der Waals surface area contributed by atoms with E-state index in [2.05, 4.69) is 6.58 Å². The van der Waals surface area contributed by atoms with Crippen LogP contribution < -0.4 is 0 Å². The van der Waals surface area contributed by atoms with Gasteiger partial charge in [-0.05, 0) is 18.6 Å². The van der Waals surface area contributed by atoms with Crippen molar-refractivity contribution in [1.29, 1.82) is 0 Å². The summed E-state index contributed by atoms with van der Waals surface area (Å²) in [6.07, 6.45) is 2.89. The average Bonchev–Trinajstić information content (AvgIpc) is 3.11. The van der Waals surface area contributed by atoms with Gasteiger partial charge in [-0.1, -0.05) is 12.7 Å². The molecule has 3 rings (SSSR count). The fourth-order valence-electron chi connectivity index (χ4n) is 3.82. The van der Waals surface area contributed by atoms with E-state index in [1.54, 1.807) is 13.0 Å². The number of hydroxylamine groups is 3. The number of quaternary nitrogens is 1. The Morgan fingerprint density at radius 1 is 1.50 bits per heavy atom. The SMILES string of the molecule is C=C1C/C(=C/C)C(=O)O[C@@H]2CC[N+]3([O-])CC=C(COC(=O)[C@@]1(O)CO)[C@H]23. The third-order valence-electron chi connectivity index (χ3n) is 5.49. The molecule has 3 aliphatic heterocycles. The average molecular weight is 365 g/mol. The lowest BCUT2D eigenvalue weighted by molar-refractivity contribution is -0.877. The summed E-state index contributed by atoms with van der Waals surface area (Å²) < 4.78 is 10.2. The highest BCUT2D eigenvalue weighted by molar-refractivity contribution is 5.90. The number of allylic oxidation sites excluding steroid dienone is 1. The van der Waals surface area contributed by atoms with Gasteiger partial charge in [-0.15, -0.1) is 0 Å². The molecule has 142 valence electrons. The lowest BCUT2D eigenvalue weighted by Gasteiger charge is -2.40. The van der Waals surface area contributed by atoms with E-state index in [9.17, 15) is 25.0 Å². The predicted molar refractivity (Wildman–Crippen MR) is 90.2 cm³/mol. The van der Waals surface area contributed by atoms with Crippen LogP contribution in [0.4, 0.5) is 0 Å². The van der Waals surface area contributed by atoms with Gasteiger partial charge < -0.3 is 29.5 Å². The van der Waals surface area contributed by atoms with Crippen LogP contribution in [0, 0.1) is 5.21 Å². The van der Waals surface area contributed by atoms with E-state index in [0.29, 0.717) is 18.5 Å². The van der Waals surface area contributed by atoms with Crippen molar-refractivity contribution in [3.8, 4) is 0 Å². The monoisotopic (exact) mass is 365 g/mol. The number of carbonyl (C=O) groups excluding carboxylic acids is 2. The molecule has 0 aromatic carbocycles. The van der Waals surface area contributed by atoms with Crippen LogP contribution in [-0.2, 0) is 19.1 Å². The molecular formula is C18H23NO7. The molecule has 0 aliphatic carbocycles. The fraction of sp³-hybridized carbons (Fsp3) is 0.556. The van der Waals surface area contributed by atoms with Gasteiger partial charge >= 0.3 is 11.9 Å². The van der Waals surface area contributed by atoms with Gasteiger partial charge in [0.1, 0.15) is 6.61 Å². The van der Waals surface area contributed by atoms with E-state index in [4.69, 9.17) is 9.47 Å². The molecule has 3 aliphatic rings. The number of hydrogen-bond donors (Lipinski definition) is 2. The Hall–Kier alpha value is -2.00. The van der Waals surface area contributed by atoms with Crippen LogP contribution in [0.15, 0.2) is 35.5 Å². The zero-order chi connectivity index (χ0) is 19.1. The van der Waals surface area contributed by atoms with Crippen LogP contribution >= 0.6 is 0 Å². The third-order valence-corrected chi connectivity index (χ3v) is 5.49. The first-order valence-electron chi connectivity index (χ1n) is 8.56. The van der Waals surface area contributed by atoms with E-state index in [1.807, 2.05) is 0 Å². The molecule has 0 aromatic heterocycles. The Balaban J connectivity index is 1.97. The summed E-state index contributed by atoms with van der Waals surface area (Å²) in [5.41, 5.74) is -1.63. The van der Waals surface area contributed by atoms with Crippen molar-refractivity contribution in [1.82, 2.24) is 0 Å². The van der Waals surface area contributed by atoms with Crippen molar-refractivity contribution < 1.29 is 33.9 Å². The number of nitrogens with zero attached hydrogens (tertiary/aromatic N) is 1. The Labute approximate surface area is 151 Å². The highest BCUT2D eigenvalue weighted by Crippen LogP contribution is 2.39. The fourth-order valence-corrected chi connectivity index (χ4v) is 3.82. The smallest absolute Gasteiger partial charge is 0.345 e. The van der Waals surface area contributed by atoms with Gasteiger partial charge in [-0.3, -0.25) is 0 Å². The van der Waals surface area contributed by atoms with Gasteiger partial charge in [0.25, 0.3) is 0 Å². The molecule has 4 atom stereocenters. The topological polar surface area (TPSA) is 116 Å². The van der Waals surface area contributed by atoms with Gasteiger partial charge in [0.15, 0.2) is 12.1 Å². The quantitative estimate of drug-likeness (QED) is 0.222. The molecule has 0 aromatic rings. The molecule has 0 amide bonds. The molecule has 26 heavy (non-hydrogen) atoms. The minimum absolute atomic E-state index is 0.0621. The maximum atomic E-state index is 12.9. The number of cyclic esters (lactones) is 1. The van der Waals surface area contributed by atoms with Crippen molar-refractivity contribution in [2.24, 2.45) is 0 Å². The molecule has 0 bridgehead atoms. The first-order chi connectivity index (χ1) is 12.2. The van der Waals surface area contributed by atoms with Gasteiger partial charge in [0.05, 0.1) is 19.7 Å². The molecular weight excluding hydrogens is 342 g/mol. The van der Waals surface area contributed by atoms with E-state index in [0.717, 1.165) is 0 Å². The number of rotatable bonds is 1. The molecule has 0 spiro atoms. The summed E-state index contributed by atoms with van der Waals surface area (Å²) in [4.78, 5) is 24.9. The van der Waals surface area contributed by atoms with Crippen LogP contribution in [-0.4, -0.2) is 70.8 Å². The normalized spacial score (nSPS) is 39.6. The second-order valence-corrected chi connectivity index (χ2v) is 7.00. The van der Waals surface area contributed by atoms with Gasteiger partial charge in [0.2, 0.25) is 5.60 Å². The first-order valence-corrected chi connectivity index (χ1v) is 8.56. The van der Waals surface area contributed by atoms with E-state index >= 15 is 0 Å². The van der Waals surface area contributed by atoms with Crippen molar-refractivity contribution in [3.05, 3.63) is 40.7 Å². The van der Waals surface area contributed by atoms with E-state index < -0.39 is 40.9 Å². The summed E-state index contributed by atoms with van der Waals surface area (Å²) in [5, 5.41) is 33.0. The van der Waals surface area contributed by atoms with Crippen LogP contribution in [0.2, 0.25) is 0 Å². The zero-order valence-corrected chi connectivity index (χ0v) is 14.6. The molecule has 8 nitrogen and oxygen atoms in total. The van der Waals surface area contributed by atoms with Crippen molar-refractivity contribution in [2.45, 2.75) is 37.5 Å². The number of esters is 2. The van der Waals surface area contributed by atoms with Crippen LogP contribution in [0.5, 0.6) is 0 Å². The van der Waals surface area contributed by atoms with E-state index in [1.165, 1.54) is 6.08 Å². The lowest BCUT2D eigenvalue weighted by Crippen LogP contribution is -2.49. The van der Waals surface area contributed by atoms with Gasteiger partial charge in [0, 0.05) is 24.0 Å². The van der Waals surface area contributed by atoms with Gasteiger partial charge in [-0.25, -0.2) is 9.59 Å². The van der Waals surface area contributed by atoms with Gasteiger partial charge in [-0.2, -0.15) is 0 Å². The Kier molecular flexibility index (Phi) is 4.78. The highest BCUT2D eigenvalue weighted by atomic mass is 16.6. The second kappa shape index (κ2) is 6.62. The summed E-state index contributed by atoms with van der Waals surface area (Å²) in [6.45, 7) is 4.67. The summed E-state index contributed by atoms with van der Waals surface area (Å²) in [5.74, 6) is -1.67. The standard InChI is InChI=1S/C18H23NO7/c1-3-12-8-11(2)18(23,10-20)17(22)25-9-13-4-6-19(24)7-5-14(15(13)19)26-16(12)21/h3-4,14-15,20,23H,2,5-10H2,1H3/b12-3-/t14-,15-,18-,19?/m1/s1. The Bertz CT molecular complexity index is 712. The Morgan fingerprint density at radius 2 is 2.23 bits per heavy atom. The van der Waals surface area contributed by atoms with Crippen LogP contribution in [0.3, 0.4) is 0 Å². The number of aliphatic hydroxyl groups is 2. The molecule has 0 radical (unpaired) electrons. The number of aliphatic hydroxyl groups excluding tert-OH is 1. The first kappa shape index (κ1) is 18.8. The van der Waals surface area contributed by atoms with Crippen LogP contribution in [0.1, 0.15) is 19.8 Å². The lowest BCUT2D eigenvalue weighted by atomic mass is 9.90. The summed E-state index contributed by atoms with van der Waals surface area (Å²) in [7, 11) is 0. The molecule has 2 saturated heterocycles. The van der Waals surface area contributed by atoms with Crippen molar-refractivity contribution >= 4 is 11.9 Å². The largest absolute Gasteiger partial charge is 0.632 e. The zero-order valence-electron chi connectivity index (χ0n) is 14.6. The maximum Gasteiger partial charge on any atom is 0.345 e.